The van der Waals surface area contributed by atoms with Crippen LogP contribution in [0, 0.1) is 0 Å². The minimum atomic E-state index is 0.160. The Morgan fingerprint density at radius 3 is 3.05 bits per heavy atom. The van der Waals surface area contributed by atoms with E-state index in [-0.39, 0.29) is 10.8 Å². The molecule has 19 heavy (non-hydrogen) atoms. The van der Waals surface area contributed by atoms with Crippen LogP contribution in [0.4, 0.5) is 0 Å². The van der Waals surface area contributed by atoms with E-state index in [1.165, 1.54) is 34.9 Å². The summed E-state index contributed by atoms with van der Waals surface area (Å²) in [4.78, 5) is 4.26. The number of hydrogen-bond acceptors (Lipinski definition) is 4. The molecule has 3 N–H and O–H groups in total. The lowest BCUT2D eigenvalue weighted by Gasteiger charge is -2.33. The number of aromatic nitrogens is 1. The number of nitrogens with two attached hydrogens (primary N) is 1. The Bertz CT molecular complexity index is 573. The summed E-state index contributed by atoms with van der Waals surface area (Å²) in [6.07, 6.45) is 6.24. The van der Waals surface area contributed by atoms with Crippen LogP contribution in [0.3, 0.4) is 0 Å². The molecule has 1 aromatic heterocycles. The van der Waals surface area contributed by atoms with Crippen molar-refractivity contribution in [2.24, 2.45) is 5.84 Å². The number of nitrogens with zero attached hydrogens (tertiary/aromatic N) is 1. The molecular formula is C15H19N3S. The van der Waals surface area contributed by atoms with Gasteiger partial charge in [0, 0.05) is 22.5 Å². The van der Waals surface area contributed by atoms with Crippen LogP contribution in [0.2, 0.25) is 0 Å². The molecule has 1 aromatic carbocycles. The van der Waals surface area contributed by atoms with E-state index >= 15 is 0 Å². The molecule has 1 aliphatic rings. The first-order valence-electron chi connectivity index (χ1n) is 6.67. The van der Waals surface area contributed by atoms with Crippen LogP contribution < -0.4 is 11.3 Å². The van der Waals surface area contributed by atoms with Crippen LogP contribution in [-0.2, 0) is 0 Å². The normalized spacial score (nSPS) is 24.7. The van der Waals surface area contributed by atoms with Crippen molar-refractivity contribution in [1.82, 2.24) is 10.4 Å². The average Bonchev–Trinajstić information content (AvgIpc) is 2.87. The first-order chi connectivity index (χ1) is 9.24. The summed E-state index contributed by atoms with van der Waals surface area (Å²) in [5.41, 5.74) is 4.30. The second kappa shape index (κ2) is 5.12. The lowest BCUT2D eigenvalue weighted by molar-refractivity contribution is 0.423. The van der Waals surface area contributed by atoms with Gasteiger partial charge in [0.1, 0.15) is 0 Å². The molecule has 3 nitrogen and oxygen atoms in total. The predicted octanol–water partition coefficient (Wildman–Crippen LogP) is 3.02. The first-order valence-corrected chi connectivity index (χ1v) is 7.66. The van der Waals surface area contributed by atoms with Crippen LogP contribution in [0.15, 0.2) is 36.7 Å². The van der Waals surface area contributed by atoms with Gasteiger partial charge in [-0.25, -0.2) is 0 Å². The van der Waals surface area contributed by atoms with E-state index in [0.29, 0.717) is 0 Å². The summed E-state index contributed by atoms with van der Waals surface area (Å²) in [6, 6.07) is 8.60. The Kier molecular flexibility index (Phi) is 3.48. The van der Waals surface area contributed by atoms with Crippen molar-refractivity contribution in [3.05, 3.63) is 42.2 Å². The maximum Gasteiger partial charge on any atom is 0.0610 e. The van der Waals surface area contributed by atoms with Crippen molar-refractivity contribution < 1.29 is 0 Å². The number of hydrogen-bond donors (Lipinski definition) is 2. The zero-order valence-electron chi connectivity index (χ0n) is 11.1. The van der Waals surface area contributed by atoms with Gasteiger partial charge in [-0.15, -0.1) is 0 Å². The van der Waals surface area contributed by atoms with Crippen molar-refractivity contribution in [1.29, 1.82) is 0 Å². The van der Waals surface area contributed by atoms with Crippen molar-refractivity contribution in [3.8, 4) is 0 Å². The number of benzene rings is 1. The highest BCUT2D eigenvalue weighted by atomic mass is 32.2. The zero-order valence-corrected chi connectivity index (χ0v) is 11.9. The predicted molar refractivity (Wildman–Crippen MR) is 81.9 cm³/mol. The Balaban J connectivity index is 2.11. The molecule has 1 fully saturated rings. The molecule has 1 saturated heterocycles. The van der Waals surface area contributed by atoms with Gasteiger partial charge in [-0.05, 0) is 42.5 Å². The molecule has 0 spiro atoms. The van der Waals surface area contributed by atoms with Gasteiger partial charge in [0.25, 0.3) is 0 Å². The highest BCUT2D eigenvalue weighted by Crippen LogP contribution is 2.47. The average molecular weight is 273 g/mol. The molecule has 2 aromatic rings. The lowest BCUT2D eigenvalue weighted by Crippen LogP contribution is -2.41. The second-order valence-electron chi connectivity index (χ2n) is 5.31. The topological polar surface area (TPSA) is 50.9 Å². The maximum atomic E-state index is 5.88. The van der Waals surface area contributed by atoms with Crippen molar-refractivity contribution in [3.63, 3.8) is 0 Å². The second-order valence-corrected chi connectivity index (χ2v) is 6.94. The van der Waals surface area contributed by atoms with Crippen LogP contribution in [0.1, 0.15) is 31.4 Å². The van der Waals surface area contributed by atoms with E-state index in [1.54, 1.807) is 0 Å². The fourth-order valence-electron chi connectivity index (χ4n) is 3.01. The van der Waals surface area contributed by atoms with E-state index < -0.39 is 0 Å². The molecule has 0 saturated carbocycles. The van der Waals surface area contributed by atoms with Crippen molar-refractivity contribution in [2.45, 2.75) is 30.6 Å². The maximum absolute atomic E-state index is 5.88. The lowest BCUT2D eigenvalue weighted by atomic mass is 9.88. The minimum Gasteiger partial charge on any atom is -0.271 e. The van der Waals surface area contributed by atoms with E-state index in [2.05, 4.69) is 41.6 Å². The molecule has 2 atom stereocenters. The molecule has 2 unspecified atom stereocenters. The Morgan fingerprint density at radius 2 is 2.32 bits per heavy atom. The third kappa shape index (κ3) is 2.24. The van der Waals surface area contributed by atoms with Crippen LogP contribution in [0.5, 0.6) is 0 Å². The highest BCUT2D eigenvalue weighted by Gasteiger charge is 2.38. The fourth-order valence-corrected chi connectivity index (χ4v) is 4.42. The molecule has 100 valence electrons. The van der Waals surface area contributed by atoms with Gasteiger partial charge in [0.2, 0.25) is 0 Å². The van der Waals surface area contributed by atoms with Gasteiger partial charge in [-0.2, -0.15) is 11.8 Å². The minimum absolute atomic E-state index is 0.160. The van der Waals surface area contributed by atoms with Gasteiger partial charge < -0.3 is 0 Å². The SMILES string of the molecule is CC1(C(NN)c2cccc3ccncc23)CCCS1. The molecule has 0 amide bonds. The molecule has 0 bridgehead atoms. The summed E-state index contributed by atoms with van der Waals surface area (Å²) < 4.78 is 0.166. The summed E-state index contributed by atoms with van der Waals surface area (Å²) >= 11 is 2.02. The summed E-state index contributed by atoms with van der Waals surface area (Å²) in [7, 11) is 0. The molecule has 0 aliphatic carbocycles. The quantitative estimate of drug-likeness (QED) is 0.666. The zero-order chi connectivity index (χ0) is 13.3. The Labute approximate surface area is 117 Å². The number of rotatable bonds is 3. The number of nitrogens with one attached hydrogen (secondary N) is 1. The fraction of sp³-hybridized carbons (Fsp3) is 0.400. The molecule has 4 heteroatoms. The number of hydrazine groups is 1. The standard InChI is InChI=1S/C15H19N3S/c1-15(7-3-9-19-15)14(18-16)12-5-2-4-11-6-8-17-10-13(11)12/h2,4-6,8,10,14,18H,3,7,9,16H2,1H3. The summed E-state index contributed by atoms with van der Waals surface area (Å²) in [6.45, 7) is 2.31. The number of fused-ring (bicyclic) bond motifs is 1. The van der Waals surface area contributed by atoms with Gasteiger partial charge in [0.05, 0.1) is 6.04 Å². The molecule has 0 radical (unpaired) electrons. The van der Waals surface area contributed by atoms with Crippen molar-refractivity contribution in [2.75, 3.05) is 5.75 Å². The van der Waals surface area contributed by atoms with E-state index in [4.69, 9.17) is 5.84 Å². The van der Waals surface area contributed by atoms with Gasteiger partial charge in [-0.3, -0.25) is 16.3 Å². The Morgan fingerprint density at radius 1 is 1.42 bits per heavy atom. The van der Waals surface area contributed by atoms with Crippen LogP contribution >= 0.6 is 11.8 Å². The first kappa shape index (κ1) is 12.9. The Hall–Kier alpha value is -1.10. The van der Waals surface area contributed by atoms with E-state index in [1.807, 2.05) is 24.2 Å². The molecule has 1 aliphatic heterocycles. The molecule has 3 rings (SSSR count). The number of thioether (sulfide) groups is 1. The number of pyridine rings is 1. The summed E-state index contributed by atoms with van der Waals surface area (Å²) in [5.74, 6) is 7.10. The van der Waals surface area contributed by atoms with Crippen LogP contribution in [-0.4, -0.2) is 15.5 Å². The van der Waals surface area contributed by atoms with Gasteiger partial charge in [-0.1, -0.05) is 18.2 Å². The highest BCUT2D eigenvalue weighted by molar-refractivity contribution is 8.00. The summed E-state index contributed by atoms with van der Waals surface area (Å²) in [5, 5.41) is 2.42. The van der Waals surface area contributed by atoms with Crippen molar-refractivity contribution >= 4 is 22.5 Å². The van der Waals surface area contributed by atoms with Crippen LogP contribution in [0.25, 0.3) is 10.8 Å². The van der Waals surface area contributed by atoms with E-state index in [0.717, 1.165) is 0 Å². The third-order valence-electron chi connectivity index (χ3n) is 4.06. The monoisotopic (exact) mass is 273 g/mol. The third-order valence-corrected chi connectivity index (χ3v) is 5.65. The smallest absolute Gasteiger partial charge is 0.0610 e. The van der Waals surface area contributed by atoms with Gasteiger partial charge in [0.15, 0.2) is 0 Å². The largest absolute Gasteiger partial charge is 0.271 e. The molecule has 2 heterocycles. The van der Waals surface area contributed by atoms with Gasteiger partial charge >= 0.3 is 0 Å². The van der Waals surface area contributed by atoms with E-state index in [9.17, 15) is 0 Å². The molecular weight excluding hydrogens is 254 g/mol.